The first-order valence-corrected chi connectivity index (χ1v) is 12.3. The quantitative estimate of drug-likeness (QED) is 0.280. The van der Waals surface area contributed by atoms with E-state index in [9.17, 15) is 4.79 Å². The zero-order valence-corrected chi connectivity index (χ0v) is 19.7. The van der Waals surface area contributed by atoms with Gasteiger partial charge in [0.25, 0.3) is 5.91 Å². The average Bonchev–Trinajstić information content (AvgIpc) is 3.79. The lowest BCUT2D eigenvalue weighted by atomic mass is 9.98. The maximum atomic E-state index is 13.0. The molecule has 1 amide bonds. The van der Waals surface area contributed by atoms with Gasteiger partial charge >= 0.3 is 0 Å². The van der Waals surface area contributed by atoms with Gasteiger partial charge in [-0.05, 0) is 43.4 Å². The summed E-state index contributed by atoms with van der Waals surface area (Å²) in [6.45, 7) is 5.55. The van der Waals surface area contributed by atoms with E-state index in [0.29, 0.717) is 57.4 Å². The molecule has 0 saturated carbocycles. The van der Waals surface area contributed by atoms with Crippen LogP contribution in [0.1, 0.15) is 36.0 Å². The van der Waals surface area contributed by atoms with Gasteiger partial charge in [0, 0.05) is 25.3 Å². The van der Waals surface area contributed by atoms with Crippen molar-refractivity contribution in [1.82, 2.24) is 5.32 Å². The first-order chi connectivity index (χ1) is 16.8. The van der Waals surface area contributed by atoms with Crippen LogP contribution in [0.3, 0.4) is 0 Å². The number of ether oxygens (including phenoxy) is 5. The molecule has 2 aromatic carbocycles. The van der Waals surface area contributed by atoms with Crippen molar-refractivity contribution in [2.45, 2.75) is 37.9 Å². The first-order valence-electron chi connectivity index (χ1n) is 12.3. The van der Waals surface area contributed by atoms with Gasteiger partial charge < -0.3 is 29.0 Å². The Labute approximate surface area is 201 Å². The summed E-state index contributed by atoms with van der Waals surface area (Å²) in [6, 6.07) is 15.6. The molecule has 7 nitrogen and oxygen atoms in total. The fraction of sp³-hybridized carbons (Fsp3) is 0.519. The summed E-state index contributed by atoms with van der Waals surface area (Å²) in [5.74, 6) is 0.633. The Kier molecular flexibility index (Phi) is 9.75. The molecule has 2 fully saturated rings. The van der Waals surface area contributed by atoms with Crippen molar-refractivity contribution in [3.8, 4) is 16.9 Å². The summed E-state index contributed by atoms with van der Waals surface area (Å²) in [6.07, 6.45) is 4.16. The molecular formula is C27H35NO6. The molecule has 2 aliphatic rings. The normalized spacial score (nSPS) is 18.5. The highest BCUT2D eigenvalue weighted by molar-refractivity contribution is 6.02. The van der Waals surface area contributed by atoms with E-state index in [1.54, 1.807) is 0 Å². The minimum Gasteiger partial charge on any atom is -0.493 e. The molecule has 34 heavy (non-hydrogen) atoms. The van der Waals surface area contributed by atoms with Crippen LogP contribution in [-0.2, 0) is 18.9 Å². The number of hydrogen-bond acceptors (Lipinski definition) is 6. The number of carbonyl (C=O) groups excluding carboxylic acids is 1. The number of carbonyl (C=O) groups is 1. The lowest BCUT2D eigenvalue weighted by Gasteiger charge is -2.16. The van der Waals surface area contributed by atoms with Crippen LogP contribution < -0.4 is 10.1 Å². The van der Waals surface area contributed by atoms with Crippen molar-refractivity contribution in [2.24, 2.45) is 0 Å². The fourth-order valence-corrected chi connectivity index (χ4v) is 3.62. The summed E-state index contributed by atoms with van der Waals surface area (Å²) in [7, 11) is 0. The largest absolute Gasteiger partial charge is 0.493 e. The van der Waals surface area contributed by atoms with Crippen LogP contribution in [0.5, 0.6) is 5.75 Å². The lowest BCUT2D eigenvalue weighted by molar-refractivity contribution is 0.0945. The highest BCUT2D eigenvalue weighted by atomic mass is 16.6. The van der Waals surface area contributed by atoms with E-state index in [1.807, 2.05) is 48.5 Å². The monoisotopic (exact) mass is 469 g/mol. The van der Waals surface area contributed by atoms with Crippen LogP contribution in [0, 0.1) is 0 Å². The Morgan fingerprint density at radius 1 is 0.824 bits per heavy atom. The van der Waals surface area contributed by atoms with Crippen LogP contribution >= 0.6 is 0 Å². The second-order valence-corrected chi connectivity index (χ2v) is 8.62. The van der Waals surface area contributed by atoms with Crippen LogP contribution in [0.2, 0.25) is 0 Å². The number of amides is 1. The van der Waals surface area contributed by atoms with E-state index in [1.165, 1.54) is 0 Å². The number of hydrogen-bond donors (Lipinski definition) is 1. The van der Waals surface area contributed by atoms with Crippen molar-refractivity contribution in [1.29, 1.82) is 0 Å². The molecule has 4 rings (SSSR count). The van der Waals surface area contributed by atoms with Gasteiger partial charge in [-0.2, -0.15) is 0 Å². The molecule has 0 aromatic heterocycles. The summed E-state index contributed by atoms with van der Waals surface area (Å²) in [5.41, 5.74) is 2.42. The minimum absolute atomic E-state index is 0.0905. The molecule has 7 heteroatoms. The van der Waals surface area contributed by atoms with Gasteiger partial charge in [0.05, 0.1) is 38.6 Å². The number of benzene rings is 2. The summed E-state index contributed by atoms with van der Waals surface area (Å²) in [5, 5.41) is 3.05. The second kappa shape index (κ2) is 13.4. The van der Waals surface area contributed by atoms with E-state index in [2.05, 4.69) is 5.32 Å². The van der Waals surface area contributed by atoms with Gasteiger partial charge in [0.15, 0.2) is 0 Å². The smallest absolute Gasteiger partial charge is 0.252 e. The van der Waals surface area contributed by atoms with Crippen molar-refractivity contribution in [3.05, 3.63) is 54.1 Å². The van der Waals surface area contributed by atoms with Gasteiger partial charge in [-0.15, -0.1) is 0 Å². The van der Waals surface area contributed by atoms with Crippen molar-refractivity contribution in [3.63, 3.8) is 0 Å². The molecule has 2 aromatic rings. The predicted molar refractivity (Wildman–Crippen MR) is 129 cm³/mol. The SMILES string of the molecule is O=C(NCCCCOCC1CO1)c1cccc(OCCCCOCC2CO2)c1-c1ccccc1. The Hall–Kier alpha value is -2.45. The van der Waals surface area contributed by atoms with Gasteiger partial charge in [-0.25, -0.2) is 0 Å². The molecule has 1 N–H and O–H groups in total. The first kappa shape index (κ1) is 24.7. The molecule has 0 bridgehead atoms. The van der Waals surface area contributed by atoms with E-state index in [-0.39, 0.29) is 5.91 Å². The van der Waals surface area contributed by atoms with Gasteiger partial charge in [0.1, 0.15) is 18.0 Å². The summed E-state index contributed by atoms with van der Waals surface area (Å²) in [4.78, 5) is 13.0. The zero-order valence-electron chi connectivity index (χ0n) is 19.7. The number of unbranched alkanes of at least 4 members (excludes halogenated alkanes) is 2. The predicted octanol–water partition coefficient (Wildman–Crippen LogP) is 3.85. The third-order valence-electron chi connectivity index (χ3n) is 5.69. The number of nitrogens with one attached hydrogen (secondary N) is 1. The molecule has 2 heterocycles. The highest BCUT2D eigenvalue weighted by Crippen LogP contribution is 2.33. The van der Waals surface area contributed by atoms with E-state index in [0.717, 1.165) is 55.8 Å². The van der Waals surface area contributed by atoms with Crippen LogP contribution in [0.25, 0.3) is 11.1 Å². The standard InChI is InChI=1S/C27H35NO6/c29-27(28-13-4-5-14-30-17-22-19-33-22)24-11-8-12-25(26(24)21-9-2-1-3-10-21)32-16-7-6-15-31-18-23-20-34-23/h1-3,8-12,22-23H,4-7,13-20H2,(H,28,29). The third-order valence-corrected chi connectivity index (χ3v) is 5.69. The Bertz CT molecular complexity index is 882. The molecule has 0 spiro atoms. The Morgan fingerprint density at radius 3 is 2.15 bits per heavy atom. The maximum Gasteiger partial charge on any atom is 0.252 e. The Morgan fingerprint density at radius 2 is 1.47 bits per heavy atom. The molecule has 2 saturated heterocycles. The van der Waals surface area contributed by atoms with Gasteiger partial charge in [-0.1, -0.05) is 36.4 Å². The van der Waals surface area contributed by atoms with E-state index >= 15 is 0 Å². The van der Waals surface area contributed by atoms with E-state index < -0.39 is 0 Å². The molecule has 0 aliphatic carbocycles. The molecule has 2 unspecified atom stereocenters. The van der Waals surface area contributed by atoms with Crippen LogP contribution in [0.15, 0.2) is 48.5 Å². The van der Waals surface area contributed by atoms with Crippen LogP contribution in [0.4, 0.5) is 0 Å². The molecular weight excluding hydrogens is 434 g/mol. The maximum absolute atomic E-state index is 13.0. The van der Waals surface area contributed by atoms with Gasteiger partial charge in [-0.3, -0.25) is 4.79 Å². The number of rotatable bonds is 17. The summed E-state index contributed by atoms with van der Waals surface area (Å²) < 4.78 is 27.5. The topological polar surface area (TPSA) is 81.9 Å². The number of epoxide rings is 2. The molecule has 2 atom stereocenters. The second-order valence-electron chi connectivity index (χ2n) is 8.62. The zero-order chi connectivity index (χ0) is 23.4. The Balaban J connectivity index is 1.27. The van der Waals surface area contributed by atoms with Crippen molar-refractivity contribution >= 4 is 5.91 Å². The molecule has 2 aliphatic heterocycles. The van der Waals surface area contributed by atoms with Crippen molar-refractivity contribution < 1.29 is 28.5 Å². The van der Waals surface area contributed by atoms with Gasteiger partial charge in [0.2, 0.25) is 0 Å². The van der Waals surface area contributed by atoms with E-state index in [4.69, 9.17) is 23.7 Å². The molecule has 184 valence electrons. The van der Waals surface area contributed by atoms with Crippen molar-refractivity contribution in [2.75, 3.05) is 52.8 Å². The summed E-state index contributed by atoms with van der Waals surface area (Å²) >= 11 is 0. The molecule has 0 radical (unpaired) electrons. The fourth-order valence-electron chi connectivity index (χ4n) is 3.62. The van der Waals surface area contributed by atoms with Crippen LogP contribution in [-0.4, -0.2) is 70.9 Å². The average molecular weight is 470 g/mol. The third kappa shape index (κ3) is 8.40. The highest BCUT2D eigenvalue weighted by Gasteiger charge is 2.22. The minimum atomic E-state index is -0.0905. The lowest BCUT2D eigenvalue weighted by Crippen LogP contribution is -2.25.